The predicted molar refractivity (Wildman–Crippen MR) is 45.1 cm³/mol. The molecule has 0 aromatic heterocycles. The van der Waals surface area contributed by atoms with Crippen LogP contribution < -0.4 is 0 Å². The van der Waals surface area contributed by atoms with E-state index in [0.29, 0.717) is 5.76 Å². The van der Waals surface area contributed by atoms with Gasteiger partial charge in [0.1, 0.15) is 5.76 Å². The van der Waals surface area contributed by atoms with Crippen LogP contribution in [0.5, 0.6) is 0 Å². The summed E-state index contributed by atoms with van der Waals surface area (Å²) in [7, 11) is 0. The highest BCUT2D eigenvalue weighted by Gasteiger charge is 1.84. The third-order valence-corrected chi connectivity index (χ3v) is 1.37. The van der Waals surface area contributed by atoms with Crippen LogP contribution in [0.25, 0.3) is 0 Å². The molecule has 0 saturated heterocycles. The number of aliphatic hydroxyl groups is 1. The lowest BCUT2D eigenvalue weighted by atomic mass is 10.2. The normalized spacial score (nSPS) is 11.5. The van der Waals surface area contributed by atoms with Crippen molar-refractivity contribution in [3.05, 3.63) is 24.5 Å². The van der Waals surface area contributed by atoms with E-state index < -0.39 is 0 Å². The van der Waals surface area contributed by atoms with Gasteiger partial charge in [0.05, 0.1) is 0 Å². The van der Waals surface area contributed by atoms with Crippen molar-refractivity contribution in [1.29, 1.82) is 0 Å². The van der Waals surface area contributed by atoms with Crippen molar-refractivity contribution in [3.63, 3.8) is 0 Å². The van der Waals surface area contributed by atoms with E-state index in [1.165, 1.54) is 18.9 Å². The molecule has 0 rings (SSSR count). The van der Waals surface area contributed by atoms with Gasteiger partial charge in [-0.25, -0.2) is 0 Å². The number of allylic oxidation sites excluding steroid dienone is 2. The van der Waals surface area contributed by atoms with Crippen molar-refractivity contribution in [1.82, 2.24) is 0 Å². The Kier molecular flexibility index (Phi) is 5.94. The molecule has 0 aliphatic rings. The van der Waals surface area contributed by atoms with Gasteiger partial charge in [0.2, 0.25) is 0 Å². The lowest BCUT2D eigenvalue weighted by Gasteiger charge is -1.92. The van der Waals surface area contributed by atoms with Gasteiger partial charge in [-0.05, 0) is 25.0 Å². The van der Waals surface area contributed by atoms with Crippen molar-refractivity contribution in [2.24, 2.45) is 0 Å². The second-order valence-electron chi connectivity index (χ2n) is 2.33. The van der Waals surface area contributed by atoms with Gasteiger partial charge in [-0.1, -0.05) is 26.3 Å². The Morgan fingerprint density at radius 2 is 2.20 bits per heavy atom. The first kappa shape index (κ1) is 9.28. The molecule has 1 N–H and O–H groups in total. The van der Waals surface area contributed by atoms with Gasteiger partial charge in [0.25, 0.3) is 0 Å². The molecule has 0 aliphatic carbocycles. The summed E-state index contributed by atoms with van der Waals surface area (Å²) >= 11 is 0. The van der Waals surface area contributed by atoms with Crippen LogP contribution in [-0.2, 0) is 0 Å². The summed E-state index contributed by atoms with van der Waals surface area (Å²) in [5, 5.41) is 8.90. The van der Waals surface area contributed by atoms with Crippen LogP contribution in [0.1, 0.15) is 32.6 Å². The molecule has 10 heavy (non-hydrogen) atoms. The number of aliphatic hydroxyl groups excluding tert-OH is 1. The molecule has 58 valence electrons. The quantitative estimate of drug-likeness (QED) is 0.353. The highest BCUT2D eigenvalue weighted by molar-refractivity contribution is 5.05. The Morgan fingerprint density at radius 1 is 1.50 bits per heavy atom. The van der Waals surface area contributed by atoms with Crippen molar-refractivity contribution >= 4 is 0 Å². The van der Waals surface area contributed by atoms with E-state index in [2.05, 4.69) is 13.5 Å². The van der Waals surface area contributed by atoms with Crippen LogP contribution in [0.2, 0.25) is 0 Å². The van der Waals surface area contributed by atoms with Crippen LogP contribution in [-0.4, -0.2) is 5.11 Å². The van der Waals surface area contributed by atoms with Gasteiger partial charge in [-0.2, -0.15) is 0 Å². The van der Waals surface area contributed by atoms with Gasteiger partial charge < -0.3 is 5.11 Å². The Hall–Kier alpha value is -0.720. The molecule has 0 spiro atoms. The van der Waals surface area contributed by atoms with Crippen molar-refractivity contribution in [3.8, 4) is 0 Å². The molecule has 0 heterocycles. The molecular formula is C9H16O. The lowest BCUT2D eigenvalue weighted by Crippen LogP contribution is -1.75. The molecule has 0 radical (unpaired) electrons. The molecule has 0 bridgehead atoms. The van der Waals surface area contributed by atoms with Crippen molar-refractivity contribution in [2.75, 3.05) is 0 Å². The molecule has 0 atom stereocenters. The molecular weight excluding hydrogens is 124 g/mol. The van der Waals surface area contributed by atoms with E-state index in [1.54, 1.807) is 0 Å². The summed E-state index contributed by atoms with van der Waals surface area (Å²) in [6, 6.07) is 0. The van der Waals surface area contributed by atoms with E-state index in [4.69, 9.17) is 5.11 Å². The number of hydrogen-bond acceptors (Lipinski definition) is 1. The molecule has 0 saturated carbocycles. The number of hydrogen-bond donors (Lipinski definition) is 1. The second-order valence-corrected chi connectivity index (χ2v) is 2.33. The minimum absolute atomic E-state index is 0.302. The van der Waals surface area contributed by atoms with Crippen molar-refractivity contribution < 1.29 is 5.11 Å². The Bertz CT molecular complexity index is 114. The zero-order chi connectivity index (χ0) is 7.82. The molecule has 1 heteroatoms. The predicted octanol–water partition coefficient (Wildman–Crippen LogP) is 3.19. The largest absolute Gasteiger partial charge is 0.508 e. The fraction of sp³-hybridized carbons (Fsp3) is 0.556. The molecule has 0 unspecified atom stereocenters. The van der Waals surface area contributed by atoms with E-state index in [0.717, 1.165) is 12.8 Å². The minimum atomic E-state index is 0.302. The van der Waals surface area contributed by atoms with Gasteiger partial charge in [-0.3, -0.25) is 0 Å². The van der Waals surface area contributed by atoms with Gasteiger partial charge in [0.15, 0.2) is 0 Å². The SMILES string of the molecule is C=CC(O)=CCCCCC. The Morgan fingerprint density at radius 3 is 2.70 bits per heavy atom. The van der Waals surface area contributed by atoms with E-state index in [9.17, 15) is 0 Å². The topological polar surface area (TPSA) is 20.2 Å². The Balaban J connectivity index is 3.24. The van der Waals surface area contributed by atoms with Crippen LogP contribution in [0, 0.1) is 0 Å². The lowest BCUT2D eigenvalue weighted by molar-refractivity contribution is 0.429. The first-order valence-electron chi connectivity index (χ1n) is 3.82. The molecule has 0 aromatic rings. The van der Waals surface area contributed by atoms with Crippen LogP contribution >= 0.6 is 0 Å². The van der Waals surface area contributed by atoms with E-state index in [-0.39, 0.29) is 0 Å². The Labute approximate surface area is 63.1 Å². The summed E-state index contributed by atoms with van der Waals surface area (Å²) in [4.78, 5) is 0. The maximum absolute atomic E-state index is 8.90. The van der Waals surface area contributed by atoms with Gasteiger partial charge in [-0.15, -0.1) is 0 Å². The number of rotatable bonds is 5. The molecule has 0 aliphatic heterocycles. The molecule has 1 nitrogen and oxygen atoms in total. The van der Waals surface area contributed by atoms with Crippen molar-refractivity contribution in [2.45, 2.75) is 32.6 Å². The van der Waals surface area contributed by atoms with Gasteiger partial charge in [0, 0.05) is 0 Å². The fourth-order valence-electron chi connectivity index (χ4n) is 0.728. The smallest absolute Gasteiger partial charge is 0.111 e. The van der Waals surface area contributed by atoms with Crippen LogP contribution in [0.3, 0.4) is 0 Å². The van der Waals surface area contributed by atoms with E-state index >= 15 is 0 Å². The third kappa shape index (κ3) is 5.42. The zero-order valence-electron chi connectivity index (χ0n) is 6.64. The highest BCUT2D eigenvalue weighted by Crippen LogP contribution is 2.01. The first-order valence-corrected chi connectivity index (χ1v) is 3.82. The van der Waals surface area contributed by atoms with Crippen LogP contribution in [0.15, 0.2) is 24.5 Å². The van der Waals surface area contributed by atoms with Crippen LogP contribution in [0.4, 0.5) is 0 Å². The molecule has 0 amide bonds. The average molecular weight is 140 g/mol. The fourth-order valence-corrected chi connectivity index (χ4v) is 0.728. The summed E-state index contributed by atoms with van der Waals surface area (Å²) in [5.74, 6) is 0.302. The average Bonchev–Trinajstić information content (AvgIpc) is 1.98. The molecule has 0 aromatic carbocycles. The zero-order valence-corrected chi connectivity index (χ0v) is 6.64. The van der Waals surface area contributed by atoms with E-state index in [1.807, 2.05) is 6.08 Å². The second kappa shape index (κ2) is 6.40. The van der Waals surface area contributed by atoms with Gasteiger partial charge >= 0.3 is 0 Å². The standard InChI is InChI=1S/C9H16O/c1-3-5-6-7-8-9(10)4-2/h4,8,10H,2-3,5-7H2,1H3. The maximum atomic E-state index is 8.90. The summed E-state index contributed by atoms with van der Waals surface area (Å²) in [6.45, 7) is 5.60. The third-order valence-electron chi connectivity index (χ3n) is 1.37. The number of unbranched alkanes of at least 4 members (excludes halogenated alkanes) is 3. The molecule has 0 fully saturated rings. The monoisotopic (exact) mass is 140 g/mol. The minimum Gasteiger partial charge on any atom is -0.508 e. The first-order chi connectivity index (χ1) is 4.81. The summed E-state index contributed by atoms with van der Waals surface area (Å²) < 4.78 is 0. The maximum Gasteiger partial charge on any atom is 0.111 e. The summed E-state index contributed by atoms with van der Waals surface area (Å²) in [6.07, 6.45) is 7.86. The summed E-state index contributed by atoms with van der Waals surface area (Å²) in [5.41, 5.74) is 0. The highest BCUT2D eigenvalue weighted by atomic mass is 16.3.